The lowest BCUT2D eigenvalue weighted by Crippen LogP contribution is -1.99. The van der Waals surface area contributed by atoms with Crippen molar-refractivity contribution >= 4 is 44.0 Å². The molecule has 2 aromatic heterocycles. The Morgan fingerprint density at radius 1 is 1.37 bits per heavy atom. The van der Waals surface area contributed by atoms with Crippen molar-refractivity contribution < 1.29 is 9.53 Å². The van der Waals surface area contributed by atoms with Gasteiger partial charge in [-0.2, -0.15) is 0 Å². The summed E-state index contributed by atoms with van der Waals surface area (Å²) in [7, 11) is 1.61. The molecule has 0 spiro atoms. The minimum absolute atomic E-state index is 0.00220. The summed E-state index contributed by atoms with van der Waals surface area (Å²) < 4.78 is 6.17. The number of hydrogen-bond donors (Lipinski definition) is 1. The summed E-state index contributed by atoms with van der Waals surface area (Å²) in [6, 6.07) is 7.56. The monoisotopic (exact) mass is 335 g/mol. The predicted octanol–water partition coefficient (Wildman–Crippen LogP) is 4.23. The van der Waals surface area contributed by atoms with Crippen LogP contribution in [0.5, 0.6) is 5.75 Å². The maximum Gasteiger partial charge on any atom is 0.206 e. The number of benzene rings is 1. The van der Waals surface area contributed by atoms with Crippen molar-refractivity contribution in [3.8, 4) is 5.75 Å². The quantitative estimate of drug-likeness (QED) is 0.727. The first-order valence-corrected chi connectivity index (χ1v) is 7.31. The highest BCUT2D eigenvalue weighted by atomic mass is 79.9. The van der Waals surface area contributed by atoms with Crippen LogP contribution in [0.15, 0.2) is 40.3 Å². The maximum atomic E-state index is 12.6. The van der Waals surface area contributed by atoms with Crippen LogP contribution in [0.2, 0.25) is 0 Å². The third-order valence-corrected chi connectivity index (χ3v) is 4.79. The van der Waals surface area contributed by atoms with Crippen LogP contribution in [-0.4, -0.2) is 17.9 Å². The third-order valence-electron chi connectivity index (χ3n) is 2.96. The highest BCUT2D eigenvalue weighted by Gasteiger charge is 2.19. The fraction of sp³-hybridized carbons (Fsp3) is 0.0714. The van der Waals surface area contributed by atoms with Gasteiger partial charge in [-0.1, -0.05) is 6.07 Å². The molecule has 3 nitrogen and oxygen atoms in total. The number of nitrogens with one attached hydrogen (secondary N) is 1. The van der Waals surface area contributed by atoms with Gasteiger partial charge < -0.3 is 9.72 Å². The molecule has 3 rings (SSSR count). The molecule has 0 unspecified atom stereocenters. The Hall–Kier alpha value is -1.59. The molecule has 96 valence electrons. The summed E-state index contributed by atoms with van der Waals surface area (Å²) in [5, 5.41) is 2.72. The molecular formula is C14H10BrNO2S. The zero-order valence-corrected chi connectivity index (χ0v) is 12.5. The Morgan fingerprint density at radius 2 is 2.21 bits per heavy atom. The van der Waals surface area contributed by atoms with Crippen molar-refractivity contribution in [2.24, 2.45) is 0 Å². The van der Waals surface area contributed by atoms with Crippen LogP contribution >= 0.6 is 27.3 Å². The van der Waals surface area contributed by atoms with E-state index in [0.29, 0.717) is 16.2 Å². The van der Waals surface area contributed by atoms with E-state index in [-0.39, 0.29) is 5.78 Å². The van der Waals surface area contributed by atoms with Crippen LogP contribution < -0.4 is 4.74 Å². The van der Waals surface area contributed by atoms with Gasteiger partial charge in [0, 0.05) is 16.2 Å². The fourth-order valence-corrected chi connectivity index (χ4v) is 3.58. The first-order chi connectivity index (χ1) is 9.22. The molecule has 0 saturated carbocycles. The van der Waals surface area contributed by atoms with Crippen LogP contribution in [0, 0.1) is 0 Å². The van der Waals surface area contributed by atoms with Crippen molar-refractivity contribution in [2.45, 2.75) is 0 Å². The summed E-state index contributed by atoms with van der Waals surface area (Å²) in [6.45, 7) is 0. The molecule has 5 heteroatoms. The normalized spacial score (nSPS) is 10.8. The van der Waals surface area contributed by atoms with Gasteiger partial charge in [0.15, 0.2) is 0 Å². The molecule has 2 heterocycles. The van der Waals surface area contributed by atoms with Gasteiger partial charge in [0.05, 0.1) is 22.9 Å². The zero-order chi connectivity index (χ0) is 13.4. The molecule has 0 saturated heterocycles. The number of aromatic nitrogens is 1. The van der Waals surface area contributed by atoms with Gasteiger partial charge in [-0.3, -0.25) is 4.79 Å². The first kappa shape index (κ1) is 12.4. The number of hydrogen-bond acceptors (Lipinski definition) is 3. The molecule has 1 aromatic carbocycles. The molecule has 0 radical (unpaired) electrons. The molecule has 3 aromatic rings. The summed E-state index contributed by atoms with van der Waals surface area (Å²) in [5.41, 5.74) is 1.53. The second-order valence-electron chi connectivity index (χ2n) is 4.01. The Bertz CT molecular complexity index is 760. The lowest BCUT2D eigenvalue weighted by Gasteiger charge is -2.03. The number of ketones is 1. The SMILES string of the molecule is COc1cccc2[nH]cc(C(=O)c3sccc3Br)c12. The number of H-pyrrole nitrogens is 1. The number of halogens is 1. The Balaban J connectivity index is 2.21. The van der Waals surface area contributed by atoms with E-state index in [4.69, 9.17) is 4.74 Å². The van der Waals surface area contributed by atoms with Crippen molar-refractivity contribution in [3.05, 3.63) is 50.8 Å². The Morgan fingerprint density at radius 3 is 2.89 bits per heavy atom. The van der Waals surface area contributed by atoms with Crippen LogP contribution in [0.4, 0.5) is 0 Å². The highest BCUT2D eigenvalue weighted by molar-refractivity contribution is 9.10. The third kappa shape index (κ3) is 1.99. The Labute approximate surface area is 122 Å². The molecule has 0 amide bonds. The Kier molecular flexibility index (Phi) is 3.16. The molecular weight excluding hydrogens is 326 g/mol. The van der Waals surface area contributed by atoms with E-state index in [1.54, 1.807) is 13.3 Å². The lowest BCUT2D eigenvalue weighted by atomic mass is 10.1. The van der Waals surface area contributed by atoms with Crippen molar-refractivity contribution in [3.63, 3.8) is 0 Å². The number of ether oxygens (including phenoxy) is 1. The van der Waals surface area contributed by atoms with E-state index >= 15 is 0 Å². The van der Waals surface area contributed by atoms with Crippen molar-refractivity contribution in [1.29, 1.82) is 0 Å². The number of aromatic amines is 1. The predicted molar refractivity (Wildman–Crippen MR) is 80.3 cm³/mol. The number of carbonyl (C=O) groups excluding carboxylic acids is 1. The summed E-state index contributed by atoms with van der Waals surface area (Å²) in [4.78, 5) is 16.4. The number of fused-ring (bicyclic) bond motifs is 1. The van der Waals surface area contributed by atoms with Gasteiger partial charge in [0.1, 0.15) is 5.75 Å². The summed E-state index contributed by atoms with van der Waals surface area (Å²) in [5.74, 6) is 0.701. The minimum Gasteiger partial charge on any atom is -0.496 e. The van der Waals surface area contributed by atoms with Gasteiger partial charge in [-0.15, -0.1) is 11.3 Å². The number of carbonyl (C=O) groups is 1. The zero-order valence-electron chi connectivity index (χ0n) is 10.1. The average molecular weight is 336 g/mol. The fourth-order valence-electron chi connectivity index (χ4n) is 2.08. The van der Waals surface area contributed by atoms with E-state index in [9.17, 15) is 4.79 Å². The van der Waals surface area contributed by atoms with E-state index in [0.717, 1.165) is 15.4 Å². The molecule has 19 heavy (non-hydrogen) atoms. The second-order valence-corrected chi connectivity index (χ2v) is 5.78. The van der Waals surface area contributed by atoms with Gasteiger partial charge in [0.25, 0.3) is 0 Å². The first-order valence-electron chi connectivity index (χ1n) is 5.64. The average Bonchev–Trinajstić information content (AvgIpc) is 3.03. The van der Waals surface area contributed by atoms with Crippen LogP contribution in [0.3, 0.4) is 0 Å². The molecule has 0 fully saturated rings. The number of thiophene rings is 1. The number of rotatable bonds is 3. The van der Waals surface area contributed by atoms with Gasteiger partial charge >= 0.3 is 0 Å². The topological polar surface area (TPSA) is 42.1 Å². The molecule has 0 aliphatic rings. The smallest absolute Gasteiger partial charge is 0.206 e. The van der Waals surface area contributed by atoms with Gasteiger partial charge in [0.2, 0.25) is 5.78 Å². The maximum absolute atomic E-state index is 12.6. The minimum atomic E-state index is -0.00220. The van der Waals surface area contributed by atoms with E-state index < -0.39 is 0 Å². The van der Waals surface area contributed by atoms with Crippen LogP contribution in [0.1, 0.15) is 15.2 Å². The molecule has 0 bridgehead atoms. The lowest BCUT2D eigenvalue weighted by molar-refractivity contribution is 0.104. The van der Waals surface area contributed by atoms with Crippen molar-refractivity contribution in [1.82, 2.24) is 4.98 Å². The molecule has 0 aliphatic carbocycles. The van der Waals surface area contributed by atoms with Crippen molar-refractivity contribution in [2.75, 3.05) is 7.11 Å². The van der Waals surface area contributed by atoms with E-state index in [2.05, 4.69) is 20.9 Å². The number of methoxy groups -OCH3 is 1. The second kappa shape index (κ2) is 4.83. The van der Waals surface area contributed by atoms with E-state index in [1.165, 1.54) is 11.3 Å². The summed E-state index contributed by atoms with van der Waals surface area (Å²) >= 11 is 4.83. The van der Waals surface area contributed by atoms with Crippen LogP contribution in [0.25, 0.3) is 10.9 Å². The van der Waals surface area contributed by atoms with Crippen LogP contribution in [-0.2, 0) is 0 Å². The molecule has 0 aliphatic heterocycles. The largest absolute Gasteiger partial charge is 0.496 e. The molecule has 1 N–H and O–H groups in total. The van der Waals surface area contributed by atoms with Gasteiger partial charge in [-0.05, 0) is 39.5 Å². The standard InChI is InChI=1S/C14H10BrNO2S/c1-18-11-4-2-3-10-12(11)8(7-16-10)13(17)14-9(15)5-6-19-14/h2-7,16H,1H3. The highest BCUT2D eigenvalue weighted by Crippen LogP contribution is 2.32. The van der Waals surface area contributed by atoms with E-state index in [1.807, 2.05) is 29.6 Å². The molecule has 0 atom stereocenters. The summed E-state index contributed by atoms with van der Waals surface area (Å²) in [6.07, 6.45) is 1.74. The van der Waals surface area contributed by atoms with Gasteiger partial charge in [-0.25, -0.2) is 0 Å².